The van der Waals surface area contributed by atoms with Gasteiger partial charge in [0.1, 0.15) is 5.54 Å². The van der Waals surface area contributed by atoms with Crippen LogP contribution in [0.25, 0.3) is 0 Å². The second kappa shape index (κ2) is 8.44. The highest BCUT2D eigenvalue weighted by molar-refractivity contribution is 7.16. The van der Waals surface area contributed by atoms with E-state index >= 15 is 0 Å². The molecule has 0 unspecified atom stereocenters. The Balaban J connectivity index is 1.60. The number of nitrogens with zero attached hydrogens (tertiary/aromatic N) is 2. The minimum atomic E-state index is -0.743. The molecule has 2 heterocycles. The first kappa shape index (κ1) is 19.9. The van der Waals surface area contributed by atoms with E-state index in [9.17, 15) is 14.4 Å². The van der Waals surface area contributed by atoms with Crippen LogP contribution in [0.15, 0.2) is 24.8 Å². The molecule has 27 heavy (non-hydrogen) atoms. The molecule has 1 saturated heterocycles. The number of halogens is 1. The molecule has 3 rings (SSSR count). The fraction of sp³-hybridized carbons (Fsp3) is 0.526. The number of thiophene rings is 1. The molecule has 2 aliphatic rings. The van der Waals surface area contributed by atoms with Crippen molar-refractivity contribution in [2.45, 2.75) is 50.6 Å². The molecule has 0 aromatic carbocycles. The Morgan fingerprint density at radius 1 is 1.33 bits per heavy atom. The maximum absolute atomic E-state index is 12.8. The van der Waals surface area contributed by atoms with E-state index in [4.69, 9.17) is 11.6 Å². The molecule has 0 bridgehead atoms. The molecule has 1 aliphatic carbocycles. The number of rotatable bonds is 7. The van der Waals surface area contributed by atoms with E-state index in [2.05, 4.69) is 11.9 Å². The van der Waals surface area contributed by atoms with Crippen LogP contribution in [0.2, 0.25) is 4.34 Å². The number of carbonyl (C=O) groups excluding carboxylic acids is 3. The molecular weight excluding hydrogens is 386 g/mol. The summed E-state index contributed by atoms with van der Waals surface area (Å²) in [5.74, 6) is -0.301. The summed E-state index contributed by atoms with van der Waals surface area (Å²) in [6.45, 7) is 4.64. The van der Waals surface area contributed by atoms with Crippen molar-refractivity contribution in [3.05, 3.63) is 34.0 Å². The first-order chi connectivity index (χ1) is 12.9. The molecule has 8 heteroatoms. The van der Waals surface area contributed by atoms with Crippen LogP contribution in [0.5, 0.6) is 0 Å². The highest BCUT2D eigenvalue weighted by atomic mass is 35.5. The van der Waals surface area contributed by atoms with Crippen molar-refractivity contribution in [2.75, 3.05) is 13.1 Å². The first-order valence-electron chi connectivity index (χ1n) is 9.22. The minimum absolute atomic E-state index is 0.0994. The van der Waals surface area contributed by atoms with Gasteiger partial charge in [-0.25, -0.2) is 4.79 Å². The van der Waals surface area contributed by atoms with Crippen LogP contribution in [-0.2, 0) is 16.1 Å². The van der Waals surface area contributed by atoms with Gasteiger partial charge in [0.2, 0.25) is 5.91 Å². The predicted molar refractivity (Wildman–Crippen MR) is 106 cm³/mol. The van der Waals surface area contributed by atoms with Crippen molar-refractivity contribution in [2.24, 2.45) is 0 Å². The number of urea groups is 1. The number of amides is 4. The van der Waals surface area contributed by atoms with Gasteiger partial charge in [0.25, 0.3) is 5.91 Å². The van der Waals surface area contributed by atoms with Crippen LogP contribution in [0.1, 0.15) is 43.4 Å². The molecule has 2 fully saturated rings. The third-order valence-corrected chi connectivity index (χ3v) is 6.40. The minimum Gasteiger partial charge on any atom is -0.334 e. The Morgan fingerprint density at radius 2 is 2.07 bits per heavy atom. The average Bonchev–Trinajstić information content (AvgIpc) is 3.15. The normalized spacial score (nSPS) is 18.6. The zero-order valence-electron chi connectivity index (χ0n) is 15.2. The summed E-state index contributed by atoms with van der Waals surface area (Å²) < 4.78 is 0.674. The van der Waals surface area contributed by atoms with Gasteiger partial charge in [-0.15, -0.1) is 17.9 Å². The smallest absolute Gasteiger partial charge is 0.325 e. The van der Waals surface area contributed by atoms with Gasteiger partial charge in [0, 0.05) is 24.4 Å². The lowest BCUT2D eigenvalue weighted by molar-refractivity contribution is -0.134. The van der Waals surface area contributed by atoms with E-state index in [0.29, 0.717) is 30.3 Å². The summed E-state index contributed by atoms with van der Waals surface area (Å²) in [4.78, 5) is 41.6. The van der Waals surface area contributed by atoms with E-state index in [1.54, 1.807) is 17.0 Å². The molecule has 1 aromatic heterocycles. The Labute approximate surface area is 168 Å². The zero-order chi connectivity index (χ0) is 19.4. The van der Waals surface area contributed by atoms with Crippen molar-refractivity contribution in [3.63, 3.8) is 0 Å². The van der Waals surface area contributed by atoms with Crippen molar-refractivity contribution in [1.82, 2.24) is 15.1 Å². The SMILES string of the molecule is C=CCN(Cc1ccc(Cl)s1)C(=O)CCN1C(=O)NC2(CCCCC2)C1=O. The summed E-state index contributed by atoms with van der Waals surface area (Å²) in [6.07, 6.45) is 6.10. The second-order valence-corrected chi connectivity index (χ2v) is 8.85. The van der Waals surface area contributed by atoms with E-state index in [0.717, 1.165) is 24.1 Å². The van der Waals surface area contributed by atoms with E-state index in [1.165, 1.54) is 16.2 Å². The highest BCUT2D eigenvalue weighted by Gasteiger charge is 2.51. The maximum atomic E-state index is 12.8. The topological polar surface area (TPSA) is 69.7 Å². The van der Waals surface area contributed by atoms with E-state index < -0.39 is 5.54 Å². The molecule has 0 radical (unpaired) electrons. The van der Waals surface area contributed by atoms with Crippen LogP contribution in [0.3, 0.4) is 0 Å². The van der Waals surface area contributed by atoms with Crippen LogP contribution in [0, 0.1) is 0 Å². The number of nitrogens with one attached hydrogen (secondary N) is 1. The van der Waals surface area contributed by atoms with Gasteiger partial charge in [0.05, 0.1) is 10.9 Å². The van der Waals surface area contributed by atoms with Crippen molar-refractivity contribution in [1.29, 1.82) is 0 Å². The van der Waals surface area contributed by atoms with Crippen molar-refractivity contribution < 1.29 is 14.4 Å². The fourth-order valence-electron chi connectivity index (χ4n) is 3.77. The quantitative estimate of drug-likeness (QED) is 0.553. The van der Waals surface area contributed by atoms with Crippen LogP contribution < -0.4 is 5.32 Å². The number of imide groups is 1. The highest BCUT2D eigenvalue weighted by Crippen LogP contribution is 2.33. The summed E-state index contributed by atoms with van der Waals surface area (Å²) >= 11 is 7.38. The van der Waals surface area contributed by atoms with E-state index in [-0.39, 0.29) is 30.8 Å². The summed E-state index contributed by atoms with van der Waals surface area (Å²) in [6, 6.07) is 3.31. The van der Waals surface area contributed by atoms with Gasteiger partial charge in [0.15, 0.2) is 0 Å². The van der Waals surface area contributed by atoms with Crippen molar-refractivity contribution in [3.8, 4) is 0 Å². The molecule has 1 N–H and O–H groups in total. The van der Waals surface area contributed by atoms with Gasteiger partial charge in [-0.2, -0.15) is 0 Å². The number of carbonyl (C=O) groups is 3. The molecular formula is C19H24ClN3O3S. The van der Waals surface area contributed by atoms with Crippen LogP contribution >= 0.6 is 22.9 Å². The lowest BCUT2D eigenvalue weighted by Gasteiger charge is -2.30. The van der Waals surface area contributed by atoms with Crippen LogP contribution in [0.4, 0.5) is 4.79 Å². The molecule has 1 saturated carbocycles. The lowest BCUT2D eigenvalue weighted by Crippen LogP contribution is -2.48. The average molecular weight is 410 g/mol. The van der Waals surface area contributed by atoms with Gasteiger partial charge in [-0.05, 0) is 25.0 Å². The lowest BCUT2D eigenvalue weighted by atomic mass is 9.82. The zero-order valence-corrected chi connectivity index (χ0v) is 16.8. The molecule has 1 aliphatic heterocycles. The largest absolute Gasteiger partial charge is 0.334 e. The monoisotopic (exact) mass is 409 g/mol. The molecule has 4 amide bonds. The van der Waals surface area contributed by atoms with Gasteiger partial charge >= 0.3 is 6.03 Å². The summed E-state index contributed by atoms with van der Waals surface area (Å²) in [7, 11) is 0. The number of hydrogen-bond donors (Lipinski definition) is 1. The third kappa shape index (κ3) is 4.35. The Bertz CT molecular complexity index is 742. The molecule has 1 spiro atoms. The molecule has 146 valence electrons. The van der Waals surface area contributed by atoms with E-state index in [1.807, 2.05) is 6.07 Å². The van der Waals surface area contributed by atoms with Crippen LogP contribution in [-0.4, -0.2) is 46.3 Å². The fourth-order valence-corrected chi connectivity index (χ4v) is 4.88. The Hall–Kier alpha value is -1.86. The second-order valence-electron chi connectivity index (χ2n) is 7.05. The number of hydrogen-bond acceptors (Lipinski definition) is 4. The molecule has 6 nitrogen and oxygen atoms in total. The Kier molecular flexibility index (Phi) is 6.22. The summed E-state index contributed by atoms with van der Waals surface area (Å²) in [5.41, 5.74) is -0.743. The molecule has 1 aromatic rings. The standard InChI is InChI=1S/C19H24ClN3O3S/c1-2-11-22(13-14-6-7-15(20)27-14)16(24)8-12-23-17(25)19(21-18(23)26)9-4-3-5-10-19/h2,6-7H,1,3-5,8-13H2,(H,21,26). The van der Waals surface area contributed by atoms with Gasteiger partial charge in [-0.3, -0.25) is 14.5 Å². The van der Waals surface area contributed by atoms with Crippen molar-refractivity contribution >= 4 is 40.8 Å². The van der Waals surface area contributed by atoms with Gasteiger partial charge < -0.3 is 10.2 Å². The third-order valence-electron chi connectivity index (χ3n) is 5.18. The maximum Gasteiger partial charge on any atom is 0.325 e. The predicted octanol–water partition coefficient (Wildman–Crippen LogP) is 3.56. The van der Waals surface area contributed by atoms with Gasteiger partial charge in [-0.1, -0.05) is 36.9 Å². The first-order valence-corrected chi connectivity index (χ1v) is 10.4. The summed E-state index contributed by atoms with van der Waals surface area (Å²) in [5, 5.41) is 2.87. The Morgan fingerprint density at radius 3 is 2.70 bits per heavy atom. The molecule has 0 atom stereocenters.